The Balaban J connectivity index is 2.17. The molecular formula is C13H14N2O2. The third-order valence-electron chi connectivity index (χ3n) is 3.44. The standard InChI is InChI=1S/C13H14N2O2/c1-15(12-6-5-11(12)13(16)17)10-4-2-3-9(7-10)8-14/h2-4,7,11-12H,5-6H2,1H3,(H,16,17). The van der Waals surface area contributed by atoms with E-state index in [1.165, 1.54) is 0 Å². The largest absolute Gasteiger partial charge is 0.481 e. The Bertz CT molecular complexity index is 479. The van der Waals surface area contributed by atoms with Gasteiger partial charge < -0.3 is 10.0 Å². The number of nitrogens with zero attached hydrogens (tertiary/aromatic N) is 2. The fraction of sp³-hybridized carbons (Fsp3) is 0.385. The molecule has 0 bridgehead atoms. The monoisotopic (exact) mass is 230 g/mol. The summed E-state index contributed by atoms with van der Waals surface area (Å²) in [6.45, 7) is 0. The van der Waals surface area contributed by atoms with Crippen LogP contribution < -0.4 is 4.90 Å². The number of carbonyl (C=O) groups is 1. The zero-order valence-corrected chi connectivity index (χ0v) is 9.63. The molecule has 1 aromatic carbocycles. The first-order valence-electron chi connectivity index (χ1n) is 5.59. The summed E-state index contributed by atoms with van der Waals surface area (Å²) in [5.74, 6) is -1.02. The van der Waals surface area contributed by atoms with E-state index in [0.29, 0.717) is 5.56 Å². The first-order chi connectivity index (χ1) is 8.13. The topological polar surface area (TPSA) is 64.3 Å². The summed E-state index contributed by atoms with van der Waals surface area (Å²) in [5.41, 5.74) is 1.50. The van der Waals surface area contributed by atoms with Crippen LogP contribution in [0.1, 0.15) is 18.4 Å². The van der Waals surface area contributed by atoms with E-state index in [0.717, 1.165) is 18.5 Å². The molecule has 88 valence electrons. The molecule has 1 aliphatic rings. The summed E-state index contributed by atoms with van der Waals surface area (Å²) >= 11 is 0. The number of carboxylic acid groups (broad SMARTS) is 1. The van der Waals surface area contributed by atoms with Gasteiger partial charge in [0.25, 0.3) is 0 Å². The SMILES string of the molecule is CN(c1cccc(C#N)c1)C1CCC1C(=O)O. The van der Waals surface area contributed by atoms with Gasteiger partial charge in [-0.05, 0) is 31.0 Å². The molecule has 0 aromatic heterocycles. The molecule has 2 rings (SSSR count). The van der Waals surface area contributed by atoms with E-state index in [4.69, 9.17) is 10.4 Å². The lowest BCUT2D eigenvalue weighted by atomic mass is 9.78. The molecule has 0 aliphatic heterocycles. The molecule has 2 atom stereocenters. The van der Waals surface area contributed by atoms with Crippen LogP contribution in [0.3, 0.4) is 0 Å². The van der Waals surface area contributed by atoms with Crippen LogP contribution in [0.5, 0.6) is 0 Å². The number of anilines is 1. The van der Waals surface area contributed by atoms with E-state index in [9.17, 15) is 4.79 Å². The molecule has 0 spiro atoms. The van der Waals surface area contributed by atoms with Gasteiger partial charge in [-0.15, -0.1) is 0 Å². The molecule has 0 amide bonds. The van der Waals surface area contributed by atoms with Crippen LogP contribution in [0.25, 0.3) is 0 Å². The molecule has 1 N–H and O–H groups in total. The molecule has 4 nitrogen and oxygen atoms in total. The summed E-state index contributed by atoms with van der Waals surface area (Å²) in [5, 5.41) is 17.9. The molecule has 0 heterocycles. The van der Waals surface area contributed by atoms with Crippen molar-refractivity contribution in [1.82, 2.24) is 0 Å². The predicted octanol–water partition coefficient (Wildman–Crippen LogP) is 1.86. The van der Waals surface area contributed by atoms with Crippen LogP contribution in [0.2, 0.25) is 0 Å². The Labute approximate surface area is 100 Å². The predicted molar refractivity (Wildman–Crippen MR) is 63.7 cm³/mol. The average Bonchev–Trinajstić information content (AvgIpc) is 2.26. The summed E-state index contributed by atoms with van der Waals surface area (Å²) in [6.07, 6.45) is 1.63. The van der Waals surface area contributed by atoms with E-state index in [1.807, 2.05) is 24.1 Å². The van der Waals surface area contributed by atoms with Crippen LogP contribution in [0.15, 0.2) is 24.3 Å². The fourth-order valence-electron chi connectivity index (χ4n) is 2.22. The summed E-state index contributed by atoms with van der Waals surface area (Å²) in [4.78, 5) is 12.9. The number of hydrogen-bond acceptors (Lipinski definition) is 3. The van der Waals surface area contributed by atoms with Gasteiger partial charge in [-0.3, -0.25) is 4.79 Å². The van der Waals surface area contributed by atoms with Gasteiger partial charge in [-0.1, -0.05) is 6.07 Å². The van der Waals surface area contributed by atoms with E-state index < -0.39 is 5.97 Å². The van der Waals surface area contributed by atoms with Gasteiger partial charge in [0.1, 0.15) is 0 Å². The zero-order valence-electron chi connectivity index (χ0n) is 9.63. The molecule has 0 radical (unpaired) electrons. The fourth-order valence-corrected chi connectivity index (χ4v) is 2.22. The van der Waals surface area contributed by atoms with Gasteiger partial charge >= 0.3 is 5.97 Å². The number of hydrogen-bond donors (Lipinski definition) is 1. The number of carboxylic acids is 1. The van der Waals surface area contributed by atoms with Gasteiger partial charge in [0, 0.05) is 18.8 Å². The normalized spacial score (nSPS) is 22.4. The van der Waals surface area contributed by atoms with E-state index in [2.05, 4.69) is 6.07 Å². The number of rotatable bonds is 3. The van der Waals surface area contributed by atoms with E-state index in [-0.39, 0.29) is 12.0 Å². The number of benzene rings is 1. The van der Waals surface area contributed by atoms with E-state index >= 15 is 0 Å². The van der Waals surface area contributed by atoms with Gasteiger partial charge in [0.2, 0.25) is 0 Å². The maximum atomic E-state index is 11.0. The van der Waals surface area contributed by atoms with Crippen LogP contribution in [0, 0.1) is 17.2 Å². The van der Waals surface area contributed by atoms with Crippen molar-refractivity contribution in [1.29, 1.82) is 5.26 Å². The first kappa shape index (κ1) is 11.5. The zero-order chi connectivity index (χ0) is 12.4. The quantitative estimate of drug-likeness (QED) is 0.860. The second-order valence-corrected chi connectivity index (χ2v) is 4.36. The summed E-state index contributed by atoms with van der Waals surface area (Å²) in [6, 6.07) is 9.38. The first-order valence-corrected chi connectivity index (χ1v) is 5.59. The highest BCUT2D eigenvalue weighted by atomic mass is 16.4. The molecule has 17 heavy (non-hydrogen) atoms. The van der Waals surface area contributed by atoms with Crippen molar-refractivity contribution in [2.24, 2.45) is 5.92 Å². The van der Waals surface area contributed by atoms with Gasteiger partial charge in [0.15, 0.2) is 0 Å². The third kappa shape index (κ3) is 2.09. The Morgan fingerprint density at radius 2 is 2.29 bits per heavy atom. The molecule has 2 unspecified atom stereocenters. The molecule has 0 saturated heterocycles. The van der Waals surface area contributed by atoms with Crippen molar-refractivity contribution < 1.29 is 9.90 Å². The smallest absolute Gasteiger partial charge is 0.308 e. The van der Waals surface area contributed by atoms with Crippen molar-refractivity contribution in [3.8, 4) is 6.07 Å². The minimum absolute atomic E-state index is 0.0430. The second kappa shape index (κ2) is 4.46. The summed E-state index contributed by atoms with van der Waals surface area (Å²) in [7, 11) is 1.89. The molecule has 1 aliphatic carbocycles. The van der Waals surface area contributed by atoms with Crippen LogP contribution >= 0.6 is 0 Å². The Morgan fingerprint density at radius 1 is 1.53 bits per heavy atom. The lowest BCUT2D eigenvalue weighted by Gasteiger charge is -2.41. The number of nitriles is 1. The molecule has 4 heteroatoms. The Hall–Kier alpha value is -2.02. The van der Waals surface area contributed by atoms with Crippen molar-refractivity contribution >= 4 is 11.7 Å². The van der Waals surface area contributed by atoms with Crippen molar-refractivity contribution in [2.75, 3.05) is 11.9 Å². The van der Waals surface area contributed by atoms with Crippen LogP contribution in [0.4, 0.5) is 5.69 Å². The Morgan fingerprint density at radius 3 is 2.82 bits per heavy atom. The lowest BCUT2D eigenvalue weighted by Crippen LogP contribution is -2.48. The van der Waals surface area contributed by atoms with Crippen molar-refractivity contribution in [3.63, 3.8) is 0 Å². The highest BCUT2D eigenvalue weighted by Crippen LogP contribution is 2.34. The van der Waals surface area contributed by atoms with Crippen LogP contribution in [-0.2, 0) is 4.79 Å². The molecule has 1 aromatic rings. The maximum absolute atomic E-state index is 11.0. The third-order valence-corrected chi connectivity index (χ3v) is 3.44. The van der Waals surface area contributed by atoms with Crippen molar-refractivity contribution in [2.45, 2.75) is 18.9 Å². The molecule has 1 saturated carbocycles. The minimum Gasteiger partial charge on any atom is -0.481 e. The van der Waals surface area contributed by atoms with Gasteiger partial charge in [-0.25, -0.2) is 0 Å². The maximum Gasteiger partial charge on any atom is 0.308 e. The lowest BCUT2D eigenvalue weighted by molar-refractivity contribution is -0.145. The van der Waals surface area contributed by atoms with Gasteiger partial charge in [-0.2, -0.15) is 5.26 Å². The number of aliphatic carboxylic acids is 1. The minimum atomic E-state index is -0.732. The second-order valence-electron chi connectivity index (χ2n) is 4.36. The molecular weight excluding hydrogens is 216 g/mol. The highest BCUT2D eigenvalue weighted by molar-refractivity contribution is 5.73. The highest BCUT2D eigenvalue weighted by Gasteiger charge is 2.39. The Kier molecular flexibility index (Phi) is 3.01. The average molecular weight is 230 g/mol. The van der Waals surface area contributed by atoms with Crippen molar-refractivity contribution in [3.05, 3.63) is 29.8 Å². The van der Waals surface area contributed by atoms with Crippen LogP contribution in [-0.4, -0.2) is 24.2 Å². The summed E-state index contributed by atoms with van der Waals surface area (Å²) < 4.78 is 0. The van der Waals surface area contributed by atoms with Gasteiger partial charge in [0.05, 0.1) is 17.6 Å². The van der Waals surface area contributed by atoms with E-state index in [1.54, 1.807) is 12.1 Å². The molecule has 1 fully saturated rings.